The predicted molar refractivity (Wildman–Crippen MR) is 139 cm³/mol. The normalized spacial score (nSPS) is 11.0. The van der Waals surface area contributed by atoms with Crippen LogP contribution in [0.2, 0.25) is 0 Å². The van der Waals surface area contributed by atoms with Crippen molar-refractivity contribution in [2.24, 2.45) is 5.10 Å². The van der Waals surface area contributed by atoms with Crippen LogP contribution in [0.4, 0.5) is 0 Å². The van der Waals surface area contributed by atoms with E-state index in [1.807, 2.05) is 103 Å². The molecule has 0 radical (unpaired) electrons. The van der Waals surface area contributed by atoms with Gasteiger partial charge in [0.15, 0.2) is 0 Å². The van der Waals surface area contributed by atoms with E-state index >= 15 is 0 Å². The van der Waals surface area contributed by atoms with Gasteiger partial charge in [-0.25, -0.2) is 10.1 Å². The molecule has 7 heteroatoms. The van der Waals surface area contributed by atoms with Gasteiger partial charge in [0.05, 0.1) is 16.8 Å². The van der Waals surface area contributed by atoms with Gasteiger partial charge in [-0.3, -0.25) is 4.79 Å². The summed E-state index contributed by atoms with van der Waals surface area (Å²) in [5.74, 6) is 0.534. The molecule has 0 saturated heterocycles. The number of amides is 1. The maximum atomic E-state index is 12.2. The number of hydrogen-bond acceptors (Lipinski definition) is 5. The van der Waals surface area contributed by atoms with Crippen LogP contribution in [0.5, 0.6) is 5.75 Å². The van der Waals surface area contributed by atoms with E-state index in [2.05, 4.69) is 10.5 Å². The van der Waals surface area contributed by atoms with Gasteiger partial charge in [-0.15, -0.1) is 11.3 Å². The minimum Gasteiger partial charge on any atom is -0.489 e. The number of nitrogens with zero attached hydrogens (tertiary/aromatic N) is 3. The van der Waals surface area contributed by atoms with Crippen LogP contribution >= 0.6 is 11.3 Å². The third-order valence-electron chi connectivity index (χ3n) is 5.25. The summed E-state index contributed by atoms with van der Waals surface area (Å²) in [6, 6.07) is 31.3. The largest absolute Gasteiger partial charge is 0.489 e. The van der Waals surface area contributed by atoms with Crippen molar-refractivity contribution in [2.45, 2.75) is 6.61 Å². The lowest BCUT2D eigenvalue weighted by Crippen LogP contribution is -2.16. The Balaban J connectivity index is 1.38. The molecule has 0 saturated carbocycles. The zero-order valence-corrected chi connectivity index (χ0v) is 19.6. The molecule has 1 amide bonds. The molecule has 172 valence electrons. The molecule has 0 aliphatic heterocycles. The molecule has 2 heterocycles. The number of para-hydroxylation sites is 1. The van der Waals surface area contributed by atoms with E-state index in [0.717, 1.165) is 33.8 Å². The summed E-state index contributed by atoms with van der Waals surface area (Å²) >= 11 is 1.37. The number of rotatable bonds is 8. The first kappa shape index (κ1) is 22.3. The highest BCUT2D eigenvalue weighted by atomic mass is 32.1. The van der Waals surface area contributed by atoms with Gasteiger partial charge >= 0.3 is 0 Å². The molecule has 35 heavy (non-hydrogen) atoms. The Hall–Kier alpha value is -4.49. The van der Waals surface area contributed by atoms with Crippen LogP contribution in [-0.2, 0) is 6.61 Å². The average molecular weight is 479 g/mol. The second kappa shape index (κ2) is 10.6. The molecular formula is C28H22N4O2S. The van der Waals surface area contributed by atoms with E-state index in [9.17, 15) is 4.79 Å². The van der Waals surface area contributed by atoms with Gasteiger partial charge < -0.3 is 4.74 Å². The maximum Gasteiger partial charge on any atom is 0.281 e. The topological polar surface area (TPSA) is 68.5 Å². The third kappa shape index (κ3) is 5.54. The second-order valence-electron chi connectivity index (χ2n) is 7.69. The molecular weight excluding hydrogens is 456 g/mol. The van der Waals surface area contributed by atoms with Crippen molar-refractivity contribution in [1.82, 2.24) is 15.2 Å². The van der Waals surface area contributed by atoms with Crippen LogP contribution in [0.1, 0.15) is 20.8 Å². The van der Waals surface area contributed by atoms with Crippen molar-refractivity contribution in [1.29, 1.82) is 0 Å². The van der Waals surface area contributed by atoms with Crippen LogP contribution in [0.3, 0.4) is 0 Å². The van der Waals surface area contributed by atoms with Crippen molar-refractivity contribution in [2.75, 3.05) is 0 Å². The summed E-state index contributed by atoms with van der Waals surface area (Å²) in [6.45, 7) is 0.505. The first-order chi connectivity index (χ1) is 17.3. The molecule has 0 unspecified atom stereocenters. The molecule has 0 fully saturated rings. The Morgan fingerprint density at radius 1 is 0.943 bits per heavy atom. The minimum absolute atomic E-state index is 0.242. The van der Waals surface area contributed by atoms with Crippen LogP contribution in [0, 0.1) is 0 Å². The van der Waals surface area contributed by atoms with Crippen LogP contribution < -0.4 is 10.2 Å². The third-order valence-corrected chi connectivity index (χ3v) is 6.12. The molecule has 2 aromatic heterocycles. The zero-order chi connectivity index (χ0) is 23.9. The van der Waals surface area contributed by atoms with Gasteiger partial charge in [0.2, 0.25) is 0 Å². The quantitative estimate of drug-likeness (QED) is 0.222. The Kier molecular flexibility index (Phi) is 6.77. The Labute approximate surface area is 207 Å². The van der Waals surface area contributed by atoms with Crippen molar-refractivity contribution in [3.8, 4) is 22.7 Å². The first-order valence-electron chi connectivity index (χ1n) is 11.1. The standard InChI is InChI=1S/C28H22N4O2S/c33-28(26-12-7-17-35-26)30-29-18-23-19-32(24-10-5-2-6-11-24)31-27(23)22-13-15-25(16-14-22)34-20-21-8-3-1-4-9-21/h1-19H,20H2,(H,30,33)/b29-18+. The molecule has 1 N–H and O–H groups in total. The van der Waals surface area contributed by atoms with E-state index in [1.165, 1.54) is 11.3 Å². The SMILES string of the molecule is O=C(N/N=C/c1cn(-c2ccccc2)nc1-c1ccc(OCc2ccccc2)cc1)c1cccs1. The average Bonchev–Trinajstić information content (AvgIpc) is 3.60. The number of carbonyl (C=O) groups excluding carboxylic acids is 1. The molecule has 3 aromatic carbocycles. The lowest BCUT2D eigenvalue weighted by atomic mass is 10.1. The van der Waals surface area contributed by atoms with Crippen molar-refractivity contribution in [3.63, 3.8) is 0 Å². The molecule has 5 rings (SSSR count). The summed E-state index contributed by atoms with van der Waals surface area (Å²) in [5.41, 5.74) is 7.07. The number of benzene rings is 3. The fraction of sp³-hybridized carbons (Fsp3) is 0.0357. The van der Waals surface area contributed by atoms with Gasteiger partial charge in [-0.1, -0.05) is 54.6 Å². The van der Waals surface area contributed by atoms with Crippen LogP contribution in [0.25, 0.3) is 16.9 Å². The number of ether oxygens (including phenoxy) is 1. The lowest BCUT2D eigenvalue weighted by molar-refractivity contribution is 0.0959. The fourth-order valence-electron chi connectivity index (χ4n) is 3.49. The summed E-state index contributed by atoms with van der Waals surface area (Å²) in [4.78, 5) is 12.8. The van der Waals surface area contributed by atoms with E-state index in [-0.39, 0.29) is 5.91 Å². The predicted octanol–water partition coefficient (Wildman–Crippen LogP) is 5.94. The van der Waals surface area contributed by atoms with E-state index in [0.29, 0.717) is 11.5 Å². The first-order valence-corrected chi connectivity index (χ1v) is 11.9. The second-order valence-corrected chi connectivity index (χ2v) is 8.64. The monoisotopic (exact) mass is 478 g/mol. The van der Waals surface area contributed by atoms with E-state index < -0.39 is 0 Å². The summed E-state index contributed by atoms with van der Waals surface area (Å²) in [7, 11) is 0. The Morgan fingerprint density at radius 3 is 2.40 bits per heavy atom. The fourth-order valence-corrected chi connectivity index (χ4v) is 4.11. The Morgan fingerprint density at radius 2 is 1.69 bits per heavy atom. The highest BCUT2D eigenvalue weighted by Gasteiger charge is 2.12. The summed E-state index contributed by atoms with van der Waals surface area (Å²) in [5, 5.41) is 10.8. The summed E-state index contributed by atoms with van der Waals surface area (Å²) in [6.07, 6.45) is 3.51. The molecule has 6 nitrogen and oxygen atoms in total. The highest BCUT2D eigenvalue weighted by molar-refractivity contribution is 7.12. The van der Waals surface area contributed by atoms with E-state index in [1.54, 1.807) is 17.0 Å². The van der Waals surface area contributed by atoms with Crippen LogP contribution in [-0.4, -0.2) is 21.9 Å². The number of aromatic nitrogens is 2. The van der Waals surface area contributed by atoms with Gasteiger partial charge in [0, 0.05) is 17.3 Å². The van der Waals surface area contributed by atoms with Gasteiger partial charge in [0.25, 0.3) is 5.91 Å². The molecule has 0 aliphatic carbocycles. The number of nitrogens with one attached hydrogen (secondary N) is 1. The van der Waals surface area contributed by atoms with Crippen molar-refractivity contribution < 1.29 is 9.53 Å². The highest BCUT2D eigenvalue weighted by Crippen LogP contribution is 2.25. The Bertz CT molecular complexity index is 1410. The van der Waals surface area contributed by atoms with Gasteiger partial charge in [0.1, 0.15) is 18.1 Å². The summed E-state index contributed by atoms with van der Waals surface area (Å²) < 4.78 is 7.72. The van der Waals surface area contributed by atoms with Gasteiger partial charge in [-0.05, 0) is 53.4 Å². The van der Waals surface area contributed by atoms with Crippen molar-refractivity contribution in [3.05, 3.63) is 125 Å². The smallest absolute Gasteiger partial charge is 0.281 e. The minimum atomic E-state index is -0.242. The lowest BCUT2D eigenvalue weighted by Gasteiger charge is -2.07. The maximum absolute atomic E-state index is 12.2. The molecule has 0 spiro atoms. The molecule has 0 bridgehead atoms. The van der Waals surface area contributed by atoms with Gasteiger partial charge in [-0.2, -0.15) is 10.2 Å². The van der Waals surface area contributed by atoms with Crippen molar-refractivity contribution >= 4 is 23.5 Å². The van der Waals surface area contributed by atoms with Crippen LogP contribution in [0.15, 0.2) is 114 Å². The van der Waals surface area contributed by atoms with E-state index in [4.69, 9.17) is 9.84 Å². The zero-order valence-electron chi connectivity index (χ0n) is 18.7. The molecule has 5 aromatic rings. The number of thiophene rings is 1. The number of hydrogen-bond donors (Lipinski definition) is 1. The number of carbonyl (C=O) groups is 1. The molecule has 0 atom stereocenters. The number of hydrazone groups is 1. The molecule has 0 aliphatic rings.